The molecule has 7 nitrogen and oxygen atoms in total. The van der Waals surface area contributed by atoms with Crippen molar-refractivity contribution in [2.75, 3.05) is 23.7 Å². The molecule has 1 spiro atoms. The third-order valence-electron chi connectivity index (χ3n) is 7.00. The van der Waals surface area contributed by atoms with Crippen molar-refractivity contribution in [3.8, 4) is 0 Å². The third-order valence-corrected chi connectivity index (χ3v) is 7.00. The zero-order valence-corrected chi connectivity index (χ0v) is 18.4. The lowest BCUT2D eigenvalue weighted by atomic mass is 9.84. The van der Waals surface area contributed by atoms with Gasteiger partial charge in [0.25, 0.3) is 0 Å². The first-order valence-electron chi connectivity index (χ1n) is 11.5. The summed E-state index contributed by atoms with van der Waals surface area (Å²) >= 11 is 0. The van der Waals surface area contributed by atoms with Crippen molar-refractivity contribution >= 4 is 23.1 Å². The van der Waals surface area contributed by atoms with Crippen LogP contribution in [0.2, 0.25) is 0 Å². The first kappa shape index (κ1) is 20.1. The standard InChI is InChI=1S/C24H31N5O2/c1-16-19(17(2)31-28-16)14-22(30)29-13-7-12-24(15-29)23(25-18-8-3-4-9-18)26-20-10-5-6-11-21(20)27-24/h5-6,10-11,18,27H,3-4,7-9,12-15H2,1-2H3,(H,25,26)/t24-/m1/s1. The summed E-state index contributed by atoms with van der Waals surface area (Å²) in [5.74, 6) is 1.84. The van der Waals surface area contributed by atoms with Crippen molar-refractivity contribution in [1.82, 2.24) is 10.1 Å². The predicted molar refractivity (Wildman–Crippen MR) is 122 cm³/mol. The average molecular weight is 422 g/mol. The molecule has 0 bridgehead atoms. The van der Waals surface area contributed by atoms with Gasteiger partial charge in [-0.25, -0.2) is 0 Å². The summed E-state index contributed by atoms with van der Waals surface area (Å²) in [6.07, 6.45) is 7.02. The second-order valence-corrected chi connectivity index (χ2v) is 9.19. The van der Waals surface area contributed by atoms with Gasteiger partial charge in [-0.05, 0) is 51.7 Å². The van der Waals surface area contributed by atoms with Gasteiger partial charge < -0.3 is 20.1 Å². The molecule has 0 unspecified atom stereocenters. The lowest BCUT2D eigenvalue weighted by Crippen LogP contribution is -2.63. The predicted octanol–water partition coefficient (Wildman–Crippen LogP) is 4.07. The van der Waals surface area contributed by atoms with Crippen LogP contribution < -0.4 is 10.6 Å². The number of aryl methyl sites for hydroxylation is 2. The molecule has 1 saturated carbocycles. The first-order valence-corrected chi connectivity index (χ1v) is 11.5. The summed E-state index contributed by atoms with van der Waals surface area (Å²) in [5.41, 5.74) is 3.47. The molecule has 7 heteroatoms. The number of para-hydroxylation sites is 2. The molecule has 1 saturated heterocycles. The van der Waals surface area contributed by atoms with Crippen LogP contribution >= 0.6 is 0 Å². The van der Waals surface area contributed by atoms with Crippen LogP contribution in [0.15, 0.2) is 33.8 Å². The van der Waals surface area contributed by atoms with E-state index in [1.807, 2.05) is 30.9 Å². The minimum atomic E-state index is -0.371. The highest BCUT2D eigenvalue weighted by Gasteiger charge is 2.45. The van der Waals surface area contributed by atoms with Gasteiger partial charge in [-0.15, -0.1) is 0 Å². The topological polar surface area (TPSA) is 82.8 Å². The number of anilines is 2. The van der Waals surface area contributed by atoms with Crippen LogP contribution in [0.4, 0.5) is 11.4 Å². The van der Waals surface area contributed by atoms with E-state index in [-0.39, 0.29) is 11.4 Å². The molecule has 3 aliphatic rings. The van der Waals surface area contributed by atoms with Crippen LogP contribution in [-0.4, -0.2) is 46.5 Å². The van der Waals surface area contributed by atoms with Crippen molar-refractivity contribution in [3.63, 3.8) is 0 Å². The fraction of sp³-hybridized carbons (Fsp3) is 0.542. The van der Waals surface area contributed by atoms with E-state index in [0.29, 0.717) is 19.0 Å². The van der Waals surface area contributed by atoms with Crippen LogP contribution in [-0.2, 0) is 11.2 Å². The number of carbonyl (C=O) groups is 1. The van der Waals surface area contributed by atoms with Gasteiger partial charge in [0.15, 0.2) is 0 Å². The van der Waals surface area contributed by atoms with Crippen LogP contribution in [0.25, 0.3) is 0 Å². The Labute approximate surface area is 183 Å². The number of nitrogens with zero attached hydrogens (tertiary/aromatic N) is 3. The van der Waals surface area contributed by atoms with Crippen LogP contribution in [0, 0.1) is 13.8 Å². The SMILES string of the molecule is Cc1noc(C)c1CC(=O)N1CCC[C@]2(C1)Nc1ccccc1NC2=NC1CCCC1. The van der Waals surface area contributed by atoms with Gasteiger partial charge in [-0.3, -0.25) is 9.79 Å². The number of amides is 1. The van der Waals surface area contributed by atoms with Crippen LogP contribution in [0.5, 0.6) is 0 Å². The van der Waals surface area contributed by atoms with E-state index in [1.54, 1.807) is 0 Å². The minimum absolute atomic E-state index is 0.120. The molecule has 1 aromatic carbocycles. The summed E-state index contributed by atoms with van der Waals surface area (Å²) in [4.78, 5) is 20.4. The number of fused-ring (bicyclic) bond motifs is 1. The smallest absolute Gasteiger partial charge is 0.227 e. The summed E-state index contributed by atoms with van der Waals surface area (Å²) in [7, 11) is 0. The van der Waals surface area contributed by atoms with Crippen molar-refractivity contribution in [2.45, 2.75) is 70.4 Å². The molecule has 164 valence electrons. The van der Waals surface area contributed by atoms with Gasteiger partial charge in [0, 0.05) is 12.1 Å². The maximum absolute atomic E-state index is 13.3. The van der Waals surface area contributed by atoms with Gasteiger partial charge in [-0.1, -0.05) is 30.1 Å². The zero-order valence-electron chi connectivity index (χ0n) is 18.4. The van der Waals surface area contributed by atoms with Gasteiger partial charge in [-0.2, -0.15) is 0 Å². The Kier molecular flexibility index (Phi) is 5.20. The third kappa shape index (κ3) is 3.82. The highest BCUT2D eigenvalue weighted by atomic mass is 16.5. The highest BCUT2D eigenvalue weighted by molar-refractivity contribution is 6.10. The van der Waals surface area contributed by atoms with Crippen molar-refractivity contribution in [1.29, 1.82) is 0 Å². The van der Waals surface area contributed by atoms with E-state index in [2.05, 4.69) is 27.9 Å². The first-order chi connectivity index (χ1) is 15.0. The van der Waals surface area contributed by atoms with E-state index >= 15 is 0 Å². The maximum Gasteiger partial charge on any atom is 0.227 e. The summed E-state index contributed by atoms with van der Waals surface area (Å²) < 4.78 is 5.26. The largest absolute Gasteiger partial charge is 0.370 e. The summed E-state index contributed by atoms with van der Waals surface area (Å²) in [5, 5.41) is 11.4. The van der Waals surface area contributed by atoms with E-state index in [0.717, 1.165) is 66.5 Å². The molecule has 3 heterocycles. The fourth-order valence-electron chi connectivity index (χ4n) is 5.22. The number of aliphatic imine (C=N–C) groups is 1. The number of carbonyl (C=O) groups excluding carboxylic acids is 1. The molecule has 2 aromatic rings. The second kappa shape index (κ2) is 8.02. The normalized spacial score (nSPS) is 24.8. The number of hydrogen-bond acceptors (Lipinski definition) is 5. The molecule has 31 heavy (non-hydrogen) atoms. The Hall–Kier alpha value is -2.83. The number of amidine groups is 1. The monoisotopic (exact) mass is 421 g/mol. The molecule has 2 N–H and O–H groups in total. The Morgan fingerprint density at radius 3 is 2.74 bits per heavy atom. The Morgan fingerprint density at radius 2 is 2.00 bits per heavy atom. The molecule has 2 aliphatic heterocycles. The van der Waals surface area contributed by atoms with Gasteiger partial charge >= 0.3 is 0 Å². The lowest BCUT2D eigenvalue weighted by molar-refractivity contribution is -0.131. The number of piperidine rings is 1. The number of nitrogens with one attached hydrogen (secondary N) is 2. The zero-order chi connectivity index (χ0) is 21.4. The fourth-order valence-corrected chi connectivity index (χ4v) is 5.22. The van der Waals surface area contributed by atoms with Crippen molar-refractivity contribution in [2.24, 2.45) is 4.99 Å². The molecular formula is C24H31N5O2. The van der Waals surface area contributed by atoms with E-state index in [9.17, 15) is 4.79 Å². The number of benzene rings is 1. The number of hydrogen-bond donors (Lipinski definition) is 2. The maximum atomic E-state index is 13.3. The van der Waals surface area contributed by atoms with Gasteiger partial charge in [0.05, 0.1) is 36.1 Å². The molecule has 5 rings (SSSR count). The molecule has 1 aliphatic carbocycles. The molecular weight excluding hydrogens is 390 g/mol. The quantitative estimate of drug-likeness (QED) is 0.781. The number of aromatic nitrogens is 1. The molecule has 1 aromatic heterocycles. The molecule has 1 amide bonds. The summed E-state index contributed by atoms with van der Waals surface area (Å²) in [6.45, 7) is 5.15. The average Bonchev–Trinajstić information content (AvgIpc) is 3.40. The van der Waals surface area contributed by atoms with Gasteiger partial charge in [0.1, 0.15) is 17.1 Å². The number of likely N-dealkylation sites (tertiary alicyclic amines) is 1. The van der Waals surface area contributed by atoms with Crippen LogP contribution in [0.1, 0.15) is 55.5 Å². The molecule has 2 fully saturated rings. The van der Waals surface area contributed by atoms with E-state index in [4.69, 9.17) is 9.52 Å². The van der Waals surface area contributed by atoms with Crippen molar-refractivity contribution in [3.05, 3.63) is 41.3 Å². The van der Waals surface area contributed by atoms with Crippen molar-refractivity contribution < 1.29 is 9.32 Å². The Balaban J connectivity index is 1.43. The number of rotatable bonds is 3. The van der Waals surface area contributed by atoms with Gasteiger partial charge in [0.2, 0.25) is 5.91 Å². The Bertz CT molecular complexity index is 988. The Morgan fingerprint density at radius 1 is 1.23 bits per heavy atom. The minimum Gasteiger partial charge on any atom is -0.370 e. The molecule has 1 atom stereocenters. The highest BCUT2D eigenvalue weighted by Crippen LogP contribution is 2.37. The van der Waals surface area contributed by atoms with E-state index < -0.39 is 0 Å². The second-order valence-electron chi connectivity index (χ2n) is 9.19. The summed E-state index contributed by atoms with van der Waals surface area (Å²) in [6, 6.07) is 8.64. The lowest BCUT2D eigenvalue weighted by Gasteiger charge is -2.47. The van der Waals surface area contributed by atoms with E-state index in [1.165, 1.54) is 12.8 Å². The molecule has 0 radical (unpaired) electrons. The van der Waals surface area contributed by atoms with Crippen LogP contribution in [0.3, 0.4) is 0 Å².